The van der Waals surface area contributed by atoms with Crippen LogP contribution in [0.15, 0.2) is 188 Å². The lowest BCUT2D eigenvalue weighted by Gasteiger charge is -2.49. The maximum Gasteiger partial charge on any atom is 0.187 e. The third kappa shape index (κ3) is 20.1. The Bertz CT molecular complexity index is 2790. The fraction of sp³-hybridized carbons (Fsp3) is 0.441. The van der Waals surface area contributed by atoms with Crippen molar-refractivity contribution in [1.29, 1.82) is 0 Å². The van der Waals surface area contributed by atoms with Gasteiger partial charge < -0.3 is 57.6 Å². The molecule has 9 rings (SSSR count). The van der Waals surface area contributed by atoms with E-state index in [1.807, 2.05) is 193 Å². The Kier molecular flexibility index (Phi) is 25.7. The molecule has 10 atom stereocenters. The maximum absolute atomic E-state index is 12.6. The third-order valence-electron chi connectivity index (χ3n) is 15.0. The Morgan fingerprint density at radius 2 is 0.771 bits per heavy atom. The van der Waals surface area contributed by atoms with Gasteiger partial charge in [-0.15, -0.1) is 5.10 Å². The summed E-state index contributed by atoms with van der Waals surface area (Å²) >= 11 is 0. The van der Waals surface area contributed by atoms with Gasteiger partial charge in [-0.2, -0.15) is 0 Å². The van der Waals surface area contributed by atoms with Crippen molar-refractivity contribution in [1.82, 2.24) is 15.0 Å². The van der Waals surface area contributed by atoms with Gasteiger partial charge in [0, 0.05) is 13.2 Å². The minimum absolute atomic E-state index is 0.00197. The van der Waals surface area contributed by atoms with Crippen LogP contribution in [0.4, 0.5) is 0 Å². The Balaban J connectivity index is 1.03. The van der Waals surface area contributed by atoms with E-state index < -0.39 is 61.4 Å². The molecule has 0 unspecified atom stereocenters. The normalized spacial score (nSPS) is 22.6. The van der Waals surface area contributed by atoms with Gasteiger partial charge in [0.2, 0.25) is 0 Å². The van der Waals surface area contributed by atoms with Crippen LogP contribution in [0.3, 0.4) is 0 Å². The average Bonchev–Trinajstić information content (AvgIpc) is 4.18. The van der Waals surface area contributed by atoms with Crippen molar-refractivity contribution in [3.05, 3.63) is 227 Å². The van der Waals surface area contributed by atoms with Crippen LogP contribution in [0.2, 0.25) is 0 Å². The van der Waals surface area contributed by atoms with Gasteiger partial charge >= 0.3 is 0 Å². The van der Waals surface area contributed by atoms with Gasteiger partial charge in [0.25, 0.3) is 0 Å². The molecule has 0 amide bonds. The van der Waals surface area contributed by atoms with Crippen LogP contribution in [-0.2, 0) is 100 Å². The van der Waals surface area contributed by atoms with E-state index in [4.69, 9.17) is 52.5 Å². The molecule has 3 heterocycles. The molecule has 0 bridgehead atoms. The SMILES string of the molecule is OCCCCCCCCCCCn1cc(CO[C@H]2[C@@H](O)[C@@H](COCc3ccccc3)O[C@@H](O[C@H]3[C@H](OCc4ccccc4)[C@@H](OCc4ccccc4)[C@H](OCc4ccccc4)O[C@@H]3COCc3ccccc3)[C@@H]2OCc2ccccc2)nn1. The van der Waals surface area contributed by atoms with Gasteiger partial charge in [0.15, 0.2) is 12.6 Å². The molecule has 0 saturated carbocycles. The zero-order chi connectivity index (χ0) is 56.9. The van der Waals surface area contributed by atoms with Crippen molar-refractivity contribution >= 4 is 0 Å². The first-order chi connectivity index (χ1) is 41.1. The summed E-state index contributed by atoms with van der Waals surface area (Å²) in [6.45, 7) is 2.47. The monoisotopic (exact) mass is 1130 g/mol. The van der Waals surface area contributed by atoms with Crippen LogP contribution in [0.5, 0.6) is 0 Å². The van der Waals surface area contributed by atoms with E-state index in [1.54, 1.807) is 0 Å². The predicted octanol–water partition coefficient (Wildman–Crippen LogP) is 11.3. The number of aromatic nitrogens is 3. The lowest BCUT2D eigenvalue weighted by atomic mass is 9.96. The van der Waals surface area contributed by atoms with E-state index in [9.17, 15) is 5.11 Å². The summed E-state index contributed by atoms with van der Waals surface area (Å²) in [5, 5.41) is 30.6. The smallest absolute Gasteiger partial charge is 0.187 e. The van der Waals surface area contributed by atoms with Gasteiger partial charge in [-0.05, 0) is 46.2 Å². The van der Waals surface area contributed by atoms with E-state index in [-0.39, 0.29) is 59.5 Å². The van der Waals surface area contributed by atoms with Crippen molar-refractivity contribution in [2.45, 2.75) is 172 Å². The molecule has 15 heteroatoms. The molecule has 0 aliphatic carbocycles. The average molecular weight is 1130 g/mol. The van der Waals surface area contributed by atoms with E-state index in [0.29, 0.717) is 12.3 Å². The molecule has 2 fully saturated rings. The molecule has 442 valence electrons. The Morgan fingerprint density at radius 1 is 0.386 bits per heavy atom. The van der Waals surface area contributed by atoms with Gasteiger partial charge in [-0.1, -0.05) is 232 Å². The number of ether oxygens (including phenoxy) is 10. The van der Waals surface area contributed by atoms with Crippen LogP contribution in [0.1, 0.15) is 96.9 Å². The largest absolute Gasteiger partial charge is 0.396 e. The summed E-state index contributed by atoms with van der Waals surface area (Å²) in [5.41, 5.74) is 6.32. The number of nitrogens with zero attached hydrogens (tertiary/aromatic N) is 3. The second kappa shape index (κ2) is 34.7. The number of unbranched alkanes of at least 4 members (excludes halogenated alkanes) is 8. The van der Waals surface area contributed by atoms with Crippen LogP contribution in [-0.4, -0.2) is 106 Å². The molecule has 1 aromatic heterocycles. The topological polar surface area (TPSA) is 163 Å². The number of aliphatic hydroxyl groups excluding tert-OH is 2. The van der Waals surface area contributed by atoms with Crippen LogP contribution in [0.25, 0.3) is 0 Å². The summed E-state index contributed by atoms with van der Waals surface area (Å²) in [5.74, 6) is 0. The number of aliphatic hydroxyl groups is 2. The number of hydrogen-bond acceptors (Lipinski definition) is 14. The second-order valence-electron chi connectivity index (χ2n) is 21.4. The molecule has 2 saturated heterocycles. The highest BCUT2D eigenvalue weighted by molar-refractivity contribution is 5.18. The summed E-state index contributed by atoms with van der Waals surface area (Å²) < 4.78 is 71.0. The number of aryl methyl sites for hydroxylation is 1. The minimum atomic E-state index is -1.24. The molecule has 2 aliphatic rings. The van der Waals surface area contributed by atoms with Crippen LogP contribution >= 0.6 is 0 Å². The fourth-order valence-corrected chi connectivity index (χ4v) is 10.4. The van der Waals surface area contributed by atoms with E-state index >= 15 is 0 Å². The van der Waals surface area contributed by atoms with Gasteiger partial charge in [0.05, 0.1) is 65.7 Å². The van der Waals surface area contributed by atoms with Crippen LogP contribution < -0.4 is 0 Å². The van der Waals surface area contributed by atoms with E-state index in [0.717, 1.165) is 72.0 Å². The first kappa shape index (κ1) is 61.5. The molecule has 2 N–H and O–H groups in total. The zero-order valence-corrected chi connectivity index (χ0v) is 47.6. The Hall–Kier alpha value is -6.02. The molecule has 0 spiro atoms. The highest BCUT2D eigenvalue weighted by Gasteiger charge is 2.54. The fourth-order valence-electron chi connectivity index (χ4n) is 10.4. The quantitative estimate of drug-likeness (QED) is 0.0357. The lowest BCUT2D eigenvalue weighted by Crippen LogP contribution is -2.66. The molecular weight excluding hydrogens is 1050 g/mol. The third-order valence-corrected chi connectivity index (χ3v) is 15.0. The molecule has 2 aliphatic heterocycles. The van der Waals surface area contributed by atoms with Gasteiger partial charge in [-0.25, -0.2) is 0 Å². The van der Waals surface area contributed by atoms with E-state index in [1.165, 1.54) is 25.7 Å². The van der Waals surface area contributed by atoms with Gasteiger partial charge in [-0.3, -0.25) is 4.68 Å². The van der Waals surface area contributed by atoms with Gasteiger partial charge in [0.1, 0.15) is 54.5 Å². The Labute approximate surface area is 489 Å². The molecule has 7 aromatic rings. The number of benzene rings is 6. The molecular formula is C68H83N3O12. The summed E-state index contributed by atoms with van der Waals surface area (Å²) in [6.07, 6.45) is 1.99. The summed E-state index contributed by atoms with van der Waals surface area (Å²) in [6, 6.07) is 59.6. The van der Waals surface area contributed by atoms with Crippen molar-refractivity contribution in [2.75, 3.05) is 19.8 Å². The summed E-state index contributed by atoms with van der Waals surface area (Å²) in [4.78, 5) is 0. The second-order valence-corrected chi connectivity index (χ2v) is 21.4. The predicted molar refractivity (Wildman–Crippen MR) is 314 cm³/mol. The zero-order valence-electron chi connectivity index (χ0n) is 47.6. The van der Waals surface area contributed by atoms with Crippen LogP contribution in [0, 0.1) is 0 Å². The Morgan fingerprint density at radius 3 is 1.25 bits per heavy atom. The van der Waals surface area contributed by atoms with Crippen molar-refractivity contribution in [3.8, 4) is 0 Å². The molecule has 15 nitrogen and oxygen atoms in total. The van der Waals surface area contributed by atoms with Crippen molar-refractivity contribution in [2.24, 2.45) is 0 Å². The highest BCUT2D eigenvalue weighted by atomic mass is 16.8. The number of hydrogen-bond donors (Lipinski definition) is 2. The molecule has 83 heavy (non-hydrogen) atoms. The minimum Gasteiger partial charge on any atom is -0.396 e. The first-order valence-corrected chi connectivity index (χ1v) is 29.7. The molecule has 6 aromatic carbocycles. The summed E-state index contributed by atoms with van der Waals surface area (Å²) in [7, 11) is 0. The maximum atomic E-state index is 12.6. The van der Waals surface area contributed by atoms with Crippen molar-refractivity contribution in [3.63, 3.8) is 0 Å². The van der Waals surface area contributed by atoms with E-state index in [2.05, 4.69) is 10.3 Å². The first-order valence-electron chi connectivity index (χ1n) is 29.7. The highest BCUT2D eigenvalue weighted by Crippen LogP contribution is 2.36. The van der Waals surface area contributed by atoms with Crippen molar-refractivity contribution < 1.29 is 57.6 Å². The number of rotatable bonds is 36. The standard InChI is InChI=1S/C68H83N3O12/c72-41-27-7-5-3-1-2-4-6-26-40-71-42-58(69-70-71)49-79-63-61(73)59(50-74-43-52-28-14-8-15-29-52)81-68(65(63)77-46-55-34-20-11-21-35-55)83-62-60(51-75-44-53-30-16-9-17-31-53)82-67(80-48-57-38-24-13-25-39-57)66(78-47-56-36-22-12-23-37-56)64(62)76-45-54-32-18-10-19-33-54/h8-25,28-39,42,59-68,72-73H,1-7,26-27,40-41,43-51H2/t59-,60-,61+,62-,63+,64+,65-,66-,67-,68+/m1/s1. The lowest BCUT2D eigenvalue weighted by molar-refractivity contribution is -0.376. The molecule has 0 radical (unpaired) electrons.